The van der Waals surface area contributed by atoms with Crippen LogP contribution in [0.5, 0.6) is 0 Å². The lowest BCUT2D eigenvalue weighted by Crippen LogP contribution is -2.45. The summed E-state index contributed by atoms with van der Waals surface area (Å²) in [7, 11) is 1.93. The van der Waals surface area contributed by atoms with Crippen molar-refractivity contribution in [1.29, 1.82) is 0 Å². The van der Waals surface area contributed by atoms with Gasteiger partial charge in [-0.15, -0.1) is 0 Å². The summed E-state index contributed by atoms with van der Waals surface area (Å²) in [6.07, 6.45) is 1.06. The minimum absolute atomic E-state index is 0.178. The fourth-order valence-corrected chi connectivity index (χ4v) is 3.81. The number of nitrogens with zero attached hydrogens (tertiary/aromatic N) is 3. The maximum absolute atomic E-state index is 15.7. The minimum Gasteiger partial charge on any atom is -0.477 e. The van der Waals surface area contributed by atoms with E-state index in [2.05, 4.69) is 4.90 Å². The number of carboxylic acids is 1. The molecule has 156 valence electrons. The largest absolute Gasteiger partial charge is 0.477 e. The Labute approximate surface area is 175 Å². The Balaban J connectivity index is 2.04. The summed E-state index contributed by atoms with van der Waals surface area (Å²) in [6, 6.07) is 7.17. The summed E-state index contributed by atoms with van der Waals surface area (Å²) in [5, 5.41) is 9.53. The van der Waals surface area contributed by atoms with Gasteiger partial charge in [0.15, 0.2) is 5.82 Å². The number of fused-ring (bicyclic) bond motifs is 1. The Morgan fingerprint density at radius 1 is 1.10 bits per heavy atom. The SMILES string of the molecule is CN1CCN(c2c(F)cc3c(=O)c(C(=O)O)cn(-c4ccc(Cl)cc4)c3c2F)CC1. The maximum Gasteiger partial charge on any atom is 0.341 e. The van der Waals surface area contributed by atoms with Crippen molar-refractivity contribution in [1.82, 2.24) is 9.47 Å². The van der Waals surface area contributed by atoms with Crippen LogP contribution in [0.15, 0.2) is 41.3 Å². The minimum atomic E-state index is -1.48. The highest BCUT2D eigenvalue weighted by Gasteiger charge is 2.27. The van der Waals surface area contributed by atoms with Crippen LogP contribution in [0.1, 0.15) is 10.4 Å². The van der Waals surface area contributed by atoms with E-state index in [9.17, 15) is 19.1 Å². The van der Waals surface area contributed by atoms with Crippen LogP contribution in [0, 0.1) is 11.6 Å². The molecule has 0 unspecified atom stereocenters. The van der Waals surface area contributed by atoms with E-state index in [0.29, 0.717) is 36.9 Å². The number of hydrogen-bond acceptors (Lipinski definition) is 4. The number of carboxylic acid groups (broad SMARTS) is 1. The molecule has 1 aromatic heterocycles. The first kappa shape index (κ1) is 20.3. The first-order valence-electron chi connectivity index (χ1n) is 9.28. The fourth-order valence-electron chi connectivity index (χ4n) is 3.68. The average Bonchev–Trinajstić information content (AvgIpc) is 2.70. The van der Waals surface area contributed by atoms with E-state index in [1.807, 2.05) is 7.05 Å². The third-order valence-corrected chi connectivity index (χ3v) is 5.56. The number of likely N-dealkylation sites (N-methyl/N-ethyl adjacent to an activating group) is 1. The zero-order chi connectivity index (χ0) is 21.6. The number of aromatic nitrogens is 1. The zero-order valence-electron chi connectivity index (χ0n) is 16.0. The summed E-state index contributed by atoms with van der Waals surface area (Å²) in [5.41, 5.74) is -1.53. The van der Waals surface area contributed by atoms with Crippen LogP contribution < -0.4 is 10.3 Å². The smallest absolute Gasteiger partial charge is 0.341 e. The number of anilines is 1. The molecule has 0 radical (unpaired) electrons. The van der Waals surface area contributed by atoms with Crippen molar-refractivity contribution in [3.05, 3.63) is 69.0 Å². The van der Waals surface area contributed by atoms with Gasteiger partial charge in [-0.3, -0.25) is 4.79 Å². The quantitative estimate of drug-likeness (QED) is 0.686. The molecule has 30 heavy (non-hydrogen) atoms. The molecule has 0 saturated carbocycles. The molecule has 0 aliphatic carbocycles. The third kappa shape index (κ3) is 3.42. The molecule has 3 aromatic rings. The number of pyridine rings is 1. The summed E-state index contributed by atoms with van der Waals surface area (Å²) in [6.45, 7) is 2.13. The van der Waals surface area contributed by atoms with Crippen molar-refractivity contribution in [3.8, 4) is 5.69 Å². The number of halogens is 3. The Kier molecular flexibility index (Phi) is 5.21. The Bertz CT molecular complexity index is 1200. The predicted octanol–water partition coefficient (Wildman–Crippen LogP) is 3.37. The second-order valence-electron chi connectivity index (χ2n) is 7.23. The van der Waals surface area contributed by atoms with Crippen molar-refractivity contribution < 1.29 is 18.7 Å². The highest BCUT2D eigenvalue weighted by molar-refractivity contribution is 6.30. The van der Waals surface area contributed by atoms with Gasteiger partial charge in [-0.05, 0) is 37.4 Å². The van der Waals surface area contributed by atoms with Gasteiger partial charge in [-0.1, -0.05) is 11.6 Å². The third-order valence-electron chi connectivity index (χ3n) is 5.31. The molecule has 1 fully saturated rings. The van der Waals surface area contributed by atoms with Crippen molar-refractivity contribution in [2.24, 2.45) is 0 Å². The van der Waals surface area contributed by atoms with Crippen molar-refractivity contribution in [2.45, 2.75) is 0 Å². The van der Waals surface area contributed by atoms with Gasteiger partial charge in [0.25, 0.3) is 0 Å². The number of aromatic carboxylic acids is 1. The second-order valence-corrected chi connectivity index (χ2v) is 7.67. The number of piperazine rings is 1. The Morgan fingerprint density at radius 3 is 2.33 bits per heavy atom. The van der Waals surface area contributed by atoms with Gasteiger partial charge in [0.2, 0.25) is 5.43 Å². The molecule has 1 N–H and O–H groups in total. The van der Waals surface area contributed by atoms with Gasteiger partial charge in [-0.2, -0.15) is 0 Å². The molecule has 0 atom stereocenters. The molecule has 0 bridgehead atoms. The molecule has 9 heteroatoms. The number of hydrogen-bond donors (Lipinski definition) is 1. The van der Waals surface area contributed by atoms with Crippen molar-refractivity contribution >= 4 is 34.2 Å². The Morgan fingerprint density at radius 2 is 1.73 bits per heavy atom. The van der Waals surface area contributed by atoms with Gasteiger partial charge >= 0.3 is 5.97 Å². The molecule has 6 nitrogen and oxygen atoms in total. The monoisotopic (exact) mass is 433 g/mol. The van der Waals surface area contributed by atoms with Crippen LogP contribution in [0.2, 0.25) is 5.02 Å². The van der Waals surface area contributed by atoms with Gasteiger partial charge < -0.3 is 19.5 Å². The number of rotatable bonds is 3. The predicted molar refractivity (Wildman–Crippen MR) is 111 cm³/mol. The molecule has 1 saturated heterocycles. The highest BCUT2D eigenvalue weighted by Crippen LogP contribution is 2.32. The molecule has 2 heterocycles. The number of benzene rings is 2. The fraction of sp³-hybridized carbons (Fsp3) is 0.238. The van der Waals surface area contributed by atoms with Crippen LogP contribution in [0.4, 0.5) is 14.5 Å². The first-order valence-corrected chi connectivity index (χ1v) is 9.66. The van der Waals surface area contributed by atoms with E-state index < -0.39 is 28.6 Å². The van der Waals surface area contributed by atoms with Crippen LogP contribution in [-0.2, 0) is 0 Å². The normalized spacial score (nSPS) is 15.0. The summed E-state index contributed by atoms with van der Waals surface area (Å²) >= 11 is 5.93. The topological polar surface area (TPSA) is 65.8 Å². The van der Waals surface area contributed by atoms with Gasteiger partial charge in [-0.25, -0.2) is 13.6 Å². The molecule has 1 aliphatic rings. The van der Waals surface area contributed by atoms with Gasteiger partial charge in [0.05, 0.1) is 10.9 Å². The Hall–Kier alpha value is -2.97. The van der Waals surface area contributed by atoms with Gasteiger partial charge in [0.1, 0.15) is 17.1 Å². The van der Waals surface area contributed by atoms with E-state index in [-0.39, 0.29) is 16.6 Å². The van der Waals surface area contributed by atoms with E-state index in [0.717, 1.165) is 12.3 Å². The highest BCUT2D eigenvalue weighted by atomic mass is 35.5. The molecule has 0 spiro atoms. The lowest BCUT2D eigenvalue weighted by Gasteiger charge is -2.34. The lowest BCUT2D eigenvalue weighted by atomic mass is 10.1. The zero-order valence-corrected chi connectivity index (χ0v) is 16.8. The molecular formula is C21H18ClF2N3O3. The first-order chi connectivity index (χ1) is 14.3. The maximum atomic E-state index is 15.7. The van der Waals surface area contributed by atoms with Crippen LogP contribution in [0.25, 0.3) is 16.6 Å². The van der Waals surface area contributed by atoms with Crippen molar-refractivity contribution in [3.63, 3.8) is 0 Å². The summed E-state index contributed by atoms with van der Waals surface area (Å²) < 4.78 is 31.9. The summed E-state index contributed by atoms with van der Waals surface area (Å²) in [5.74, 6) is -3.28. The van der Waals surface area contributed by atoms with Crippen LogP contribution in [0.3, 0.4) is 0 Å². The van der Waals surface area contributed by atoms with E-state index >= 15 is 4.39 Å². The van der Waals surface area contributed by atoms with Gasteiger partial charge in [0, 0.05) is 43.1 Å². The summed E-state index contributed by atoms with van der Waals surface area (Å²) in [4.78, 5) is 27.9. The van der Waals surface area contributed by atoms with E-state index in [4.69, 9.17) is 11.6 Å². The van der Waals surface area contributed by atoms with Crippen LogP contribution in [-0.4, -0.2) is 53.8 Å². The molecule has 4 rings (SSSR count). The lowest BCUT2D eigenvalue weighted by molar-refractivity contribution is 0.0695. The average molecular weight is 434 g/mol. The van der Waals surface area contributed by atoms with E-state index in [1.165, 1.54) is 4.57 Å². The molecule has 2 aromatic carbocycles. The molecule has 1 aliphatic heterocycles. The number of carbonyl (C=O) groups is 1. The van der Waals surface area contributed by atoms with E-state index in [1.54, 1.807) is 29.2 Å². The molecular weight excluding hydrogens is 416 g/mol. The second kappa shape index (κ2) is 7.70. The van der Waals surface area contributed by atoms with Crippen molar-refractivity contribution in [2.75, 3.05) is 38.1 Å². The standard InChI is InChI=1S/C21H18ClF2N3O3/c1-25-6-8-26(9-7-25)19-16(23)10-14-18(17(19)24)27(11-15(20(14)28)21(29)30)13-4-2-12(22)3-5-13/h2-5,10-11H,6-9H2,1H3,(H,29,30). The molecule has 0 amide bonds. The van der Waals surface area contributed by atoms with Crippen LogP contribution >= 0.6 is 11.6 Å².